The summed E-state index contributed by atoms with van der Waals surface area (Å²) in [6.07, 6.45) is 0.357. The predicted octanol–water partition coefficient (Wildman–Crippen LogP) is 1.88. The molecule has 58 valence electrons. The third-order valence-electron chi connectivity index (χ3n) is 2.18. The van der Waals surface area contributed by atoms with Gasteiger partial charge in [-0.3, -0.25) is 4.79 Å². The van der Waals surface area contributed by atoms with Gasteiger partial charge in [0.1, 0.15) is 0 Å². The summed E-state index contributed by atoms with van der Waals surface area (Å²) in [7, 11) is 0. The number of fused-ring (bicyclic) bond motifs is 1. The molecular formula is C10H7NO. The number of hydrogen-bond donors (Lipinski definition) is 0. The van der Waals surface area contributed by atoms with Crippen LogP contribution in [0.4, 0.5) is 0 Å². The predicted molar refractivity (Wildman–Crippen MR) is 43.7 cm³/mol. The van der Waals surface area contributed by atoms with E-state index in [9.17, 15) is 4.79 Å². The molecule has 1 aromatic rings. The van der Waals surface area contributed by atoms with E-state index < -0.39 is 0 Å². The average Bonchev–Trinajstić information content (AvgIpc) is 2.44. The molecule has 2 rings (SSSR count). The second kappa shape index (κ2) is 2.46. The minimum atomic E-state index is -0.214. The Morgan fingerprint density at radius 2 is 2.17 bits per heavy atom. The van der Waals surface area contributed by atoms with Gasteiger partial charge in [-0.15, -0.1) is 0 Å². The van der Waals surface area contributed by atoms with Crippen molar-refractivity contribution in [1.29, 1.82) is 5.26 Å². The van der Waals surface area contributed by atoms with Crippen molar-refractivity contribution < 1.29 is 4.79 Å². The average molecular weight is 157 g/mol. The van der Waals surface area contributed by atoms with Gasteiger partial charge >= 0.3 is 0 Å². The van der Waals surface area contributed by atoms with Crippen LogP contribution in [0.5, 0.6) is 0 Å². The lowest BCUT2D eigenvalue weighted by Gasteiger charge is -1.97. The van der Waals surface area contributed by atoms with Gasteiger partial charge in [-0.25, -0.2) is 0 Å². The molecule has 0 bridgehead atoms. The van der Waals surface area contributed by atoms with Crippen LogP contribution in [0, 0.1) is 11.3 Å². The summed E-state index contributed by atoms with van der Waals surface area (Å²) in [5.41, 5.74) is 1.62. The summed E-state index contributed by atoms with van der Waals surface area (Å²) in [4.78, 5) is 11.3. The molecule has 0 amide bonds. The fourth-order valence-electron chi connectivity index (χ4n) is 1.58. The number of carbonyl (C=O) groups is 1. The van der Waals surface area contributed by atoms with E-state index in [2.05, 4.69) is 6.07 Å². The molecular weight excluding hydrogens is 150 g/mol. The highest BCUT2D eigenvalue weighted by Crippen LogP contribution is 2.31. The first-order chi connectivity index (χ1) is 5.83. The van der Waals surface area contributed by atoms with Gasteiger partial charge in [0.25, 0.3) is 0 Å². The number of Topliss-reactive ketones (excluding diaryl/α,β-unsaturated/α-hetero) is 1. The maximum Gasteiger partial charge on any atom is 0.164 e. The van der Waals surface area contributed by atoms with Crippen molar-refractivity contribution in [2.45, 2.75) is 12.3 Å². The molecule has 1 unspecified atom stereocenters. The molecule has 0 N–H and O–H groups in total. The molecule has 12 heavy (non-hydrogen) atoms. The molecule has 0 aliphatic heterocycles. The summed E-state index contributed by atoms with van der Waals surface area (Å²) >= 11 is 0. The number of hydrogen-bond acceptors (Lipinski definition) is 2. The Hall–Kier alpha value is -1.62. The highest BCUT2D eigenvalue weighted by atomic mass is 16.1. The van der Waals surface area contributed by atoms with Crippen molar-refractivity contribution in [1.82, 2.24) is 0 Å². The second-order valence-electron chi connectivity index (χ2n) is 2.90. The van der Waals surface area contributed by atoms with Gasteiger partial charge < -0.3 is 0 Å². The maximum absolute atomic E-state index is 11.3. The Kier molecular flexibility index (Phi) is 1.44. The van der Waals surface area contributed by atoms with E-state index in [0.717, 1.165) is 11.1 Å². The molecule has 0 aromatic heterocycles. The minimum Gasteiger partial charge on any atom is -0.294 e. The number of ketones is 1. The molecule has 1 aliphatic carbocycles. The topological polar surface area (TPSA) is 40.9 Å². The lowest BCUT2D eigenvalue weighted by atomic mass is 10.0. The number of nitriles is 1. The van der Waals surface area contributed by atoms with Crippen LogP contribution in [0.3, 0.4) is 0 Å². The third kappa shape index (κ3) is 0.835. The molecule has 0 heterocycles. The first-order valence-electron chi connectivity index (χ1n) is 3.84. The van der Waals surface area contributed by atoms with Crippen LogP contribution in [-0.4, -0.2) is 5.78 Å². The third-order valence-corrected chi connectivity index (χ3v) is 2.18. The molecule has 1 atom stereocenters. The molecule has 1 aromatic carbocycles. The van der Waals surface area contributed by atoms with E-state index in [4.69, 9.17) is 5.26 Å². The number of rotatable bonds is 0. The van der Waals surface area contributed by atoms with E-state index >= 15 is 0 Å². The summed E-state index contributed by atoms with van der Waals surface area (Å²) in [6.45, 7) is 0. The Morgan fingerprint density at radius 1 is 1.42 bits per heavy atom. The van der Waals surface area contributed by atoms with E-state index in [0.29, 0.717) is 6.42 Å². The van der Waals surface area contributed by atoms with Crippen LogP contribution < -0.4 is 0 Å². The standard InChI is InChI=1S/C10H7NO/c11-6-7-5-10(12)9-4-2-1-3-8(7)9/h1-4,7H,5H2. The second-order valence-corrected chi connectivity index (χ2v) is 2.90. The van der Waals surface area contributed by atoms with Crippen molar-refractivity contribution in [2.75, 3.05) is 0 Å². The fourth-order valence-corrected chi connectivity index (χ4v) is 1.58. The number of nitrogens with zero attached hydrogens (tertiary/aromatic N) is 1. The molecule has 0 spiro atoms. The van der Waals surface area contributed by atoms with E-state index in [1.807, 2.05) is 18.2 Å². The maximum atomic E-state index is 11.3. The fraction of sp³-hybridized carbons (Fsp3) is 0.200. The van der Waals surface area contributed by atoms with Crippen molar-refractivity contribution in [3.05, 3.63) is 35.4 Å². The van der Waals surface area contributed by atoms with Crippen LogP contribution in [0.1, 0.15) is 28.3 Å². The molecule has 0 radical (unpaired) electrons. The zero-order valence-corrected chi connectivity index (χ0v) is 6.45. The molecule has 2 heteroatoms. The van der Waals surface area contributed by atoms with Crippen molar-refractivity contribution in [3.63, 3.8) is 0 Å². The van der Waals surface area contributed by atoms with Crippen LogP contribution in [0.2, 0.25) is 0 Å². The van der Waals surface area contributed by atoms with E-state index in [1.165, 1.54) is 0 Å². The van der Waals surface area contributed by atoms with Gasteiger partial charge in [-0.05, 0) is 5.56 Å². The molecule has 0 fully saturated rings. The van der Waals surface area contributed by atoms with Gasteiger partial charge in [0.15, 0.2) is 5.78 Å². The van der Waals surface area contributed by atoms with Crippen LogP contribution in [0.25, 0.3) is 0 Å². The van der Waals surface area contributed by atoms with Gasteiger partial charge in [0.05, 0.1) is 12.0 Å². The monoisotopic (exact) mass is 157 g/mol. The first-order valence-corrected chi connectivity index (χ1v) is 3.84. The van der Waals surface area contributed by atoms with Crippen LogP contribution in [-0.2, 0) is 0 Å². The van der Waals surface area contributed by atoms with Crippen LogP contribution >= 0.6 is 0 Å². The highest BCUT2D eigenvalue weighted by Gasteiger charge is 2.28. The zero-order chi connectivity index (χ0) is 8.55. The van der Waals surface area contributed by atoms with E-state index in [-0.39, 0.29) is 11.7 Å². The van der Waals surface area contributed by atoms with Gasteiger partial charge in [0, 0.05) is 12.0 Å². The smallest absolute Gasteiger partial charge is 0.164 e. The Bertz CT molecular complexity index is 376. The number of benzene rings is 1. The SMILES string of the molecule is N#CC1CC(=O)c2ccccc21. The normalized spacial score (nSPS) is 20.2. The summed E-state index contributed by atoms with van der Waals surface area (Å²) < 4.78 is 0. The van der Waals surface area contributed by atoms with Gasteiger partial charge in [-0.2, -0.15) is 5.26 Å². The Morgan fingerprint density at radius 3 is 2.92 bits per heavy atom. The lowest BCUT2D eigenvalue weighted by Crippen LogP contribution is -1.89. The highest BCUT2D eigenvalue weighted by molar-refractivity contribution is 6.01. The largest absolute Gasteiger partial charge is 0.294 e. The molecule has 2 nitrogen and oxygen atoms in total. The van der Waals surface area contributed by atoms with Gasteiger partial charge in [0.2, 0.25) is 0 Å². The van der Waals surface area contributed by atoms with Gasteiger partial charge in [-0.1, -0.05) is 24.3 Å². The Labute approximate surface area is 70.4 Å². The van der Waals surface area contributed by atoms with Crippen molar-refractivity contribution in [2.24, 2.45) is 0 Å². The summed E-state index contributed by atoms with van der Waals surface area (Å²) in [5.74, 6) is -0.120. The molecule has 1 aliphatic rings. The minimum absolute atomic E-state index is 0.0946. The first kappa shape index (κ1) is 7.05. The summed E-state index contributed by atoms with van der Waals surface area (Å²) in [5, 5.41) is 8.73. The van der Waals surface area contributed by atoms with Crippen molar-refractivity contribution >= 4 is 5.78 Å². The Balaban J connectivity index is 2.59. The van der Waals surface area contributed by atoms with Crippen molar-refractivity contribution in [3.8, 4) is 6.07 Å². The number of carbonyl (C=O) groups excluding carboxylic acids is 1. The molecule has 0 saturated carbocycles. The van der Waals surface area contributed by atoms with Crippen LogP contribution in [0.15, 0.2) is 24.3 Å². The quantitative estimate of drug-likeness (QED) is 0.576. The van der Waals surface area contributed by atoms with E-state index in [1.54, 1.807) is 6.07 Å². The molecule has 0 saturated heterocycles. The lowest BCUT2D eigenvalue weighted by molar-refractivity contribution is 0.0992. The zero-order valence-electron chi connectivity index (χ0n) is 6.45. The summed E-state index contributed by atoms with van der Waals surface area (Å²) in [6, 6.07) is 9.46.